The molecule has 2 aliphatic heterocycles. The first kappa shape index (κ1) is 24.8. The van der Waals surface area contributed by atoms with E-state index in [9.17, 15) is 4.79 Å². The number of likely N-dealkylation sites (N-methyl/N-ethyl adjacent to an activating group) is 2. The lowest BCUT2D eigenvalue weighted by atomic mass is 10.0. The van der Waals surface area contributed by atoms with Crippen molar-refractivity contribution in [2.24, 2.45) is 0 Å². The fourth-order valence-electron chi connectivity index (χ4n) is 5.06. The summed E-state index contributed by atoms with van der Waals surface area (Å²) in [5, 5.41) is 0. The van der Waals surface area contributed by atoms with Crippen LogP contribution in [0.25, 0.3) is 11.1 Å². The number of hydrogen-bond donors (Lipinski definition) is 0. The van der Waals surface area contributed by atoms with Crippen molar-refractivity contribution in [1.29, 1.82) is 0 Å². The average molecular weight is 477 g/mol. The predicted octanol–water partition coefficient (Wildman–Crippen LogP) is 4.03. The number of carbonyl (C=O) groups is 1. The van der Waals surface area contributed by atoms with Gasteiger partial charge in [-0.3, -0.25) is 4.79 Å². The van der Waals surface area contributed by atoms with E-state index in [0.29, 0.717) is 0 Å². The molecule has 0 aromatic heterocycles. The number of benzene rings is 2. The van der Waals surface area contributed by atoms with Gasteiger partial charge >= 0.3 is 0 Å². The molecule has 2 heterocycles. The number of rotatable bonds is 2. The number of halogens is 2. The van der Waals surface area contributed by atoms with Crippen molar-refractivity contribution >= 4 is 42.0 Å². The molecule has 0 atom stereocenters. The maximum Gasteiger partial charge on any atom is 0.194 e. The smallest absolute Gasteiger partial charge is 0.194 e. The van der Waals surface area contributed by atoms with E-state index in [0.717, 1.165) is 87.5 Å². The number of anilines is 2. The monoisotopic (exact) mass is 476 g/mol. The van der Waals surface area contributed by atoms with Crippen LogP contribution in [0.5, 0.6) is 0 Å². The quantitative estimate of drug-likeness (QED) is 0.556. The maximum absolute atomic E-state index is 13.3. The van der Waals surface area contributed by atoms with Crippen molar-refractivity contribution in [2.75, 3.05) is 76.3 Å². The standard InChI is InChI=1S/C25H32N4O.2ClH/c1-26-9-3-11-28(15-13-26)19-5-7-21-22-8-6-20(18-24(22)25(30)23(21)17-19)29-12-4-10-27(2)14-16-29;;/h5-8,17-18H,3-4,9-16H2,1-2H3;2*1H. The molecule has 7 heteroatoms. The number of ketones is 1. The zero-order valence-electron chi connectivity index (χ0n) is 19.0. The van der Waals surface area contributed by atoms with Gasteiger partial charge in [0.15, 0.2) is 5.78 Å². The van der Waals surface area contributed by atoms with Gasteiger partial charge in [0.1, 0.15) is 0 Å². The lowest BCUT2D eigenvalue weighted by molar-refractivity contribution is 0.104. The first-order valence-electron chi connectivity index (χ1n) is 11.3. The van der Waals surface area contributed by atoms with Crippen molar-refractivity contribution in [3.05, 3.63) is 47.5 Å². The summed E-state index contributed by atoms with van der Waals surface area (Å²) in [5.41, 5.74) is 6.28. The molecule has 5 nitrogen and oxygen atoms in total. The van der Waals surface area contributed by atoms with Crippen LogP contribution in [0.15, 0.2) is 36.4 Å². The van der Waals surface area contributed by atoms with E-state index in [1.165, 1.54) is 11.4 Å². The molecule has 1 aliphatic carbocycles. The Bertz CT molecular complexity index is 891. The molecule has 0 unspecified atom stereocenters. The van der Waals surface area contributed by atoms with E-state index in [2.05, 4.69) is 70.1 Å². The Morgan fingerprint density at radius 2 is 1.00 bits per heavy atom. The molecule has 2 aromatic rings. The number of fused-ring (bicyclic) bond motifs is 3. The SMILES string of the molecule is CN1CCCN(c2ccc3c(c2)C(=O)c2cc(N4CCCN(C)CC4)ccc2-3)CC1.Cl.Cl. The molecule has 2 fully saturated rings. The molecule has 2 aromatic carbocycles. The molecule has 174 valence electrons. The Morgan fingerprint density at radius 3 is 1.44 bits per heavy atom. The van der Waals surface area contributed by atoms with Crippen LogP contribution in [-0.2, 0) is 0 Å². The fourth-order valence-corrected chi connectivity index (χ4v) is 5.06. The molecule has 0 bridgehead atoms. The first-order valence-corrected chi connectivity index (χ1v) is 11.3. The molecular formula is C25H34Cl2N4O. The third kappa shape index (κ3) is 4.76. The topological polar surface area (TPSA) is 30.0 Å². The van der Waals surface area contributed by atoms with Gasteiger partial charge in [-0.05, 0) is 75.4 Å². The molecule has 32 heavy (non-hydrogen) atoms. The van der Waals surface area contributed by atoms with E-state index in [1.807, 2.05) is 0 Å². The summed E-state index contributed by atoms with van der Waals surface area (Å²) in [7, 11) is 4.37. The summed E-state index contributed by atoms with van der Waals surface area (Å²) in [6.07, 6.45) is 2.33. The van der Waals surface area contributed by atoms with Crippen LogP contribution < -0.4 is 9.80 Å². The van der Waals surface area contributed by atoms with E-state index < -0.39 is 0 Å². The largest absolute Gasteiger partial charge is 0.370 e. The van der Waals surface area contributed by atoms with Crippen molar-refractivity contribution < 1.29 is 4.79 Å². The van der Waals surface area contributed by atoms with Gasteiger partial charge in [0, 0.05) is 61.8 Å². The van der Waals surface area contributed by atoms with Gasteiger partial charge < -0.3 is 19.6 Å². The van der Waals surface area contributed by atoms with Crippen molar-refractivity contribution in [2.45, 2.75) is 12.8 Å². The average Bonchev–Trinajstić information content (AvgIpc) is 2.96. The van der Waals surface area contributed by atoms with Gasteiger partial charge in [-0.15, -0.1) is 24.8 Å². The van der Waals surface area contributed by atoms with Gasteiger partial charge in [0.05, 0.1) is 0 Å². The highest BCUT2D eigenvalue weighted by Crippen LogP contribution is 2.40. The normalized spacial score (nSPS) is 19.4. The van der Waals surface area contributed by atoms with Crippen LogP contribution in [0.3, 0.4) is 0 Å². The van der Waals surface area contributed by atoms with Crippen molar-refractivity contribution in [1.82, 2.24) is 9.80 Å². The second-order valence-electron chi connectivity index (χ2n) is 9.08. The second-order valence-corrected chi connectivity index (χ2v) is 9.08. The third-order valence-corrected chi connectivity index (χ3v) is 6.96. The highest BCUT2D eigenvalue weighted by atomic mass is 35.5. The minimum atomic E-state index is 0. The first-order chi connectivity index (χ1) is 14.6. The van der Waals surface area contributed by atoms with Gasteiger partial charge in [-0.25, -0.2) is 0 Å². The third-order valence-electron chi connectivity index (χ3n) is 6.96. The Kier molecular flexibility index (Phi) is 8.10. The van der Waals surface area contributed by atoms with E-state index in [-0.39, 0.29) is 30.6 Å². The lowest BCUT2D eigenvalue weighted by Crippen LogP contribution is -2.28. The number of nitrogens with zero attached hydrogens (tertiary/aromatic N) is 4. The van der Waals surface area contributed by atoms with Crippen LogP contribution in [0.4, 0.5) is 11.4 Å². The predicted molar refractivity (Wildman–Crippen MR) is 138 cm³/mol. The summed E-state index contributed by atoms with van der Waals surface area (Å²) in [6, 6.07) is 13.0. The van der Waals surface area contributed by atoms with E-state index in [4.69, 9.17) is 0 Å². The minimum Gasteiger partial charge on any atom is -0.370 e. The van der Waals surface area contributed by atoms with Crippen LogP contribution in [-0.4, -0.2) is 82.0 Å². The Labute approximate surface area is 204 Å². The van der Waals surface area contributed by atoms with E-state index >= 15 is 0 Å². The van der Waals surface area contributed by atoms with Crippen LogP contribution >= 0.6 is 24.8 Å². The van der Waals surface area contributed by atoms with Crippen LogP contribution in [0.1, 0.15) is 28.8 Å². The summed E-state index contributed by atoms with van der Waals surface area (Å²) in [5.74, 6) is 0.183. The number of hydrogen-bond acceptors (Lipinski definition) is 5. The maximum atomic E-state index is 13.3. The minimum absolute atomic E-state index is 0. The zero-order valence-corrected chi connectivity index (χ0v) is 20.7. The Morgan fingerprint density at radius 1 is 0.562 bits per heavy atom. The summed E-state index contributed by atoms with van der Waals surface area (Å²) < 4.78 is 0. The second kappa shape index (κ2) is 10.4. The molecule has 5 rings (SSSR count). The zero-order chi connectivity index (χ0) is 20.7. The van der Waals surface area contributed by atoms with Gasteiger partial charge in [-0.2, -0.15) is 0 Å². The Balaban J connectivity index is 0.00000144. The number of carbonyl (C=O) groups excluding carboxylic acids is 1. The highest BCUT2D eigenvalue weighted by Gasteiger charge is 2.28. The summed E-state index contributed by atoms with van der Waals surface area (Å²) in [4.78, 5) is 23.0. The Hall–Kier alpha value is -1.79. The fraction of sp³-hybridized carbons (Fsp3) is 0.480. The van der Waals surface area contributed by atoms with Crippen molar-refractivity contribution in [3.8, 4) is 11.1 Å². The van der Waals surface area contributed by atoms with Gasteiger partial charge in [-0.1, -0.05) is 12.1 Å². The summed E-state index contributed by atoms with van der Waals surface area (Å²) >= 11 is 0. The molecule has 0 spiro atoms. The molecule has 2 saturated heterocycles. The van der Waals surface area contributed by atoms with Crippen LogP contribution in [0, 0.1) is 0 Å². The lowest BCUT2D eigenvalue weighted by Gasteiger charge is -2.23. The highest BCUT2D eigenvalue weighted by molar-refractivity contribution is 6.22. The van der Waals surface area contributed by atoms with Gasteiger partial charge in [0.2, 0.25) is 0 Å². The molecule has 0 saturated carbocycles. The van der Waals surface area contributed by atoms with Crippen LogP contribution in [0.2, 0.25) is 0 Å². The summed E-state index contributed by atoms with van der Waals surface area (Å²) in [6.45, 7) is 8.56. The van der Waals surface area contributed by atoms with Gasteiger partial charge in [0.25, 0.3) is 0 Å². The molecular weight excluding hydrogens is 443 g/mol. The molecule has 3 aliphatic rings. The van der Waals surface area contributed by atoms with Crippen molar-refractivity contribution in [3.63, 3.8) is 0 Å². The molecule has 0 radical (unpaired) electrons. The molecule has 0 amide bonds. The molecule has 0 N–H and O–H groups in total. The van der Waals surface area contributed by atoms with E-state index in [1.54, 1.807) is 0 Å².